The van der Waals surface area contributed by atoms with Gasteiger partial charge >= 0.3 is 0 Å². The zero-order valence-electron chi connectivity index (χ0n) is 12.0. The minimum absolute atomic E-state index is 0. The Morgan fingerprint density at radius 3 is 2.38 bits per heavy atom. The molecule has 6 heteroatoms. The molecule has 3 N–H and O–H groups in total. The molecule has 1 saturated heterocycles. The summed E-state index contributed by atoms with van der Waals surface area (Å²) in [7, 11) is 0. The first-order valence-electron chi connectivity index (χ1n) is 7.03. The summed E-state index contributed by atoms with van der Waals surface area (Å²) < 4.78 is 0. The first kappa shape index (κ1) is 17.5. The van der Waals surface area contributed by atoms with Gasteiger partial charge in [-0.05, 0) is 18.4 Å². The van der Waals surface area contributed by atoms with Crippen molar-refractivity contribution in [3.05, 3.63) is 35.9 Å². The van der Waals surface area contributed by atoms with Crippen LogP contribution in [0, 0.1) is 0 Å². The van der Waals surface area contributed by atoms with Crippen LogP contribution in [0.15, 0.2) is 30.3 Å². The molecule has 0 aromatic heterocycles. The summed E-state index contributed by atoms with van der Waals surface area (Å²) in [5.41, 5.74) is 6.55. The molecular weight excluding hydrogens is 290 g/mol. The van der Waals surface area contributed by atoms with Crippen molar-refractivity contribution >= 4 is 24.2 Å². The number of benzene rings is 1. The Morgan fingerprint density at radius 2 is 1.81 bits per heavy atom. The lowest BCUT2D eigenvalue weighted by molar-refractivity contribution is -0.132. The third-order valence-corrected chi connectivity index (χ3v) is 3.63. The van der Waals surface area contributed by atoms with Gasteiger partial charge < -0.3 is 16.0 Å². The molecule has 1 fully saturated rings. The molecule has 0 bridgehead atoms. The van der Waals surface area contributed by atoms with E-state index in [0.29, 0.717) is 0 Å². The highest BCUT2D eigenvalue weighted by atomic mass is 35.5. The van der Waals surface area contributed by atoms with Gasteiger partial charge in [0.15, 0.2) is 0 Å². The number of nitrogens with one attached hydrogen (secondary N) is 1. The SMILES string of the molecule is Cl.NCC(C(=O)NCC(=O)N1CCCC1)c1ccccc1. The molecule has 0 aliphatic carbocycles. The summed E-state index contributed by atoms with van der Waals surface area (Å²) in [6.07, 6.45) is 2.10. The quantitative estimate of drug-likeness (QED) is 0.848. The average Bonchev–Trinajstić information content (AvgIpc) is 3.01. The number of carbonyl (C=O) groups is 2. The molecule has 21 heavy (non-hydrogen) atoms. The van der Waals surface area contributed by atoms with E-state index in [9.17, 15) is 9.59 Å². The zero-order chi connectivity index (χ0) is 14.4. The first-order chi connectivity index (χ1) is 9.72. The topological polar surface area (TPSA) is 75.4 Å². The molecule has 2 rings (SSSR count). The average molecular weight is 312 g/mol. The molecule has 1 aliphatic heterocycles. The van der Waals surface area contributed by atoms with Crippen molar-refractivity contribution in [3.8, 4) is 0 Å². The molecule has 116 valence electrons. The number of rotatable bonds is 5. The Hall–Kier alpha value is -1.59. The lowest BCUT2D eigenvalue weighted by atomic mass is 9.98. The molecule has 0 spiro atoms. The fourth-order valence-corrected chi connectivity index (χ4v) is 2.44. The van der Waals surface area contributed by atoms with Crippen molar-refractivity contribution in [2.24, 2.45) is 5.73 Å². The smallest absolute Gasteiger partial charge is 0.241 e. The number of hydrogen-bond donors (Lipinski definition) is 2. The largest absolute Gasteiger partial charge is 0.346 e. The van der Waals surface area contributed by atoms with Crippen molar-refractivity contribution in [3.63, 3.8) is 0 Å². The summed E-state index contributed by atoms with van der Waals surface area (Å²) in [5.74, 6) is -0.603. The molecule has 1 aliphatic rings. The van der Waals surface area contributed by atoms with E-state index in [1.165, 1.54) is 0 Å². The molecule has 0 radical (unpaired) electrons. The van der Waals surface area contributed by atoms with E-state index in [0.717, 1.165) is 31.5 Å². The number of amides is 2. The summed E-state index contributed by atoms with van der Waals surface area (Å²) in [6.45, 7) is 1.89. The standard InChI is InChI=1S/C15H21N3O2.ClH/c16-10-13(12-6-2-1-3-7-12)15(20)17-11-14(19)18-8-4-5-9-18;/h1-3,6-7,13H,4-5,8-11,16H2,(H,17,20);1H. The molecule has 1 aromatic rings. The number of carbonyl (C=O) groups excluding carboxylic acids is 2. The van der Waals surface area contributed by atoms with Gasteiger partial charge in [0.1, 0.15) is 0 Å². The van der Waals surface area contributed by atoms with E-state index in [1.807, 2.05) is 30.3 Å². The van der Waals surface area contributed by atoms with Crippen LogP contribution >= 0.6 is 12.4 Å². The van der Waals surface area contributed by atoms with Crippen molar-refractivity contribution in [1.82, 2.24) is 10.2 Å². The van der Waals surface area contributed by atoms with Gasteiger partial charge in [0, 0.05) is 19.6 Å². The fraction of sp³-hybridized carbons (Fsp3) is 0.467. The number of hydrogen-bond acceptors (Lipinski definition) is 3. The van der Waals surface area contributed by atoms with Gasteiger partial charge in [-0.3, -0.25) is 9.59 Å². The van der Waals surface area contributed by atoms with Crippen molar-refractivity contribution in [2.75, 3.05) is 26.2 Å². The van der Waals surface area contributed by atoms with E-state index in [2.05, 4.69) is 5.32 Å². The maximum atomic E-state index is 12.1. The Balaban J connectivity index is 0.00000220. The molecule has 1 aromatic carbocycles. The second-order valence-corrected chi connectivity index (χ2v) is 5.00. The highest BCUT2D eigenvalue weighted by Gasteiger charge is 2.22. The highest BCUT2D eigenvalue weighted by molar-refractivity contribution is 5.88. The van der Waals surface area contributed by atoms with Gasteiger partial charge in [0.25, 0.3) is 0 Å². The third-order valence-electron chi connectivity index (χ3n) is 3.63. The van der Waals surface area contributed by atoms with Crippen molar-refractivity contribution in [1.29, 1.82) is 0 Å². The number of nitrogens with two attached hydrogens (primary N) is 1. The molecule has 0 saturated carbocycles. The highest BCUT2D eigenvalue weighted by Crippen LogP contribution is 2.14. The molecule has 1 heterocycles. The zero-order valence-corrected chi connectivity index (χ0v) is 12.8. The van der Waals surface area contributed by atoms with Gasteiger partial charge in [0.05, 0.1) is 12.5 Å². The van der Waals surface area contributed by atoms with Crippen LogP contribution < -0.4 is 11.1 Å². The molecule has 2 amide bonds. The predicted molar refractivity (Wildman–Crippen MR) is 84.3 cm³/mol. The normalized spacial score (nSPS) is 15.2. The summed E-state index contributed by atoms with van der Waals surface area (Å²) in [5, 5.41) is 2.70. The van der Waals surface area contributed by atoms with E-state index < -0.39 is 5.92 Å². The second kappa shape index (κ2) is 8.64. The minimum Gasteiger partial charge on any atom is -0.346 e. The van der Waals surface area contributed by atoms with E-state index in [4.69, 9.17) is 5.73 Å². The van der Waals surface area contributed by atoms with Crippen LogP contribution in [0.5, 0.6) is 0 Å². The Morgan fingerprint density at radius 1 is 1.19 bits per heavy atom. The Kier molecular flexibility index (Phi) is 7.19. The van der Waals surface area contributed by atoms with Crippen LogP contribution in [0.3, 0.4) is 0 Å². The second-order valence-electron chi connectivity index (χ2n) is 5.00. The van der Waals surface area contributed by atoms with Gasteiger partial charge in [-0.25, -0.2) is 0 Å². The van der Waals surface area contributed by atoms with Crippen LogP contribution in [0.4, 0.5) is 0 Å². The van der Waals surface area contributed by atoms with Crippen molar-refractivity contribution in [2.45, 2.75) is 18.8 Å². The van der Waals surface area contributed by atoms with E-state index in [1.54, 1.807) is 4.90 Å². The molecule has 5 nitrogen and oxygen atoms in total. The molecule has 1 atom stereocenters. The van der Waals surface area contributed by atoms with Crippen molar-refractivity contribution < 1.29 is 9.59 Å². The van der Waals surface area contributed by atoms with E-state index >= 15 is 0 Å². The van der Waals surface area contributed by atoms with Crippen LogP contribution in [0.2, 0.25) is 0 Å². The maximum absolute atomic E-state index is 12.1. The summed E-state index contributed by atoms with van der Waals surface area (Å²) in [4.78, 5) is 25.8. The van der Waals surface area contributed by atoms with Crippen LogP contribution in [-0.2, 0) is 9.59 Å². The number of likely N-dealkylation sites (tertiary alicyclic amines) is 1. The Labute approximate surface area is 131 Å². The van der Waals surface area contributed by atoms with E-state index in [-0.39, 0.29) is 37.3 Å². The fourth-order valence-electron chi connectivity index (χ4n) is 2.44. The first-order valence-corrected chi connectivity index (χ1v) is 7.03. The maximum Gasteiger partial charge on any atom is 0.241 e. The van der Waals surface area contributed by atoms with Crippen LogP contribution in [0.25, 0.3) is 0 Å². The summed E-state index contributed by atoms with van der Waals surface area (Å²) in [6, 6.07) is 9.39. The third kappa shape index (κ3) is 4.72. The Bertz CT molecular complexity index is 461. The summed E-state index contributed by atoms with van der Waals surface area (Å²) >= 11 is 0. The minimum atomic E-state index is -0.400. The predicted octanol–water partition coefficient (Wildman–Crippen LogP) is 0.889. The van der Waals surface area contributed by atoms with Gasteiger partial charge in [0.2, 0.25) is 11.8 Å². The monoisotopic (exact) mass is 311 g/mol. The lowest BCUT2D eigenvalue weighted by Crippen LogP contribution is -2.41. The van der Waals surface area contributed by atoms with Gasteiger partial charge in [-0.15, -0.1) is 12.4 Å². The van der Waals surface area contributed by atoms with Gasteiger partial charge in [-0.2, -0.15) is 0 Å². The van der Waals surface area contributed by atoms with Crippen LogP contribution in [0.1, 0.15) is 24.3 Å². The number of nitrogens with zero attached hydrogens (tertiary/aromatic N) is 1. The number of halogens is 1. The van der Waals surface area contributed by atoms with Gasteiger partial charge in [-0.1, -0.05) is 30.3 Å². The lowest BCUT2D eigenvalue weighted by Gasteiger charge is -2.18. The van der Waals surface area contributed by atoms with Crippen LogP contribution in [-0.4, -0.2) is 42.9 Å². The molecule has 1 unspecified atom stereocenters. The molecular formula is C15H22ClN3O2.